The van der Waals surface area contributed by atoms with Crippen LogP contribution in [-0.4, -0.2) is 25.0 Å². The van der Waals surface area contributed by atoms with E-state index in [9.17, 15) is 0 Å². The summed E-state index contributed by atoms with van der Waals surface area (Å²) in [6, 6.07) is 0. The number of allylic oxidation sites excluding steroid dienone is 22. The first-order valence-corrected chi connectivity index (χ1v) is 22.0. The van der Waals surface area contributed by atoms with Gasteiger partial charge in [-0.1, -0.05) is 170 Å². The fourth-order valence-corrected chi connectivity index (χ4v) is 7.52. The van der Waals surface area contributed by atoms with E-state index in [0.29, 0.717) is 0 Å². The molecule has 0 aromatic rings. The standard InChI is InChI=1S/C49H68N2.C2H6.C2H4/c1-6-10-12-20-38-50-48(44-34-30-42(31-35-44)28-26-40-22-16-14-17-23-40)46(8-3)47(9-4)49(51(5)39-21-13-11-7-2)45-36-32-43(33-37-45)29-27-41-24-18-15-19-25-41;2*1-2/h8-9,18,22,24-30,32,34,36,50H,3-4,6-7,10-17,19-21,23,31,33,35,37-39H2,1-2,5H3;1-2H3;1-2H2/b28-26+,29-27+,48-46-,49-47-;;. The fourth-order valence-electron chi connectivity index (χ4n) is 7.52. The van der Waals surface area contributed by atoms with Crippen LogP contribution in [-0.2, 0) is 0 Å². The Hall–Kier alpha value is -4.04. The highest BCUT2D eigenvalue weighted by Gasteiger charge is 2.22. The van der Waals surface area contributed by atoms with Crippen molar-refractivity contribution in [1.29, 1.82) is 0 Å². The molecule has 0 aromatic carbocycles. The maximum Gasteiger partial charge on any atom is 0.0476 e. The van der Waals surface area contributed by atoms with E-state index in [4.69, 9.17) is 0 Å². The average Bonchev–Trinajstić information content (AvgIpc) is 3.25. The first kappa shape index (κ1) is 47.1. The Morgan fingerprint density at radius 1 is 0.655 bits per heavy atom. The van der Waals surface area contributed by atoms with Crippen LogP contribution in [0.15, 0.2) is 167 Å². The second kappa shape index (κ2) is 29.3. The zero-order valence-electron chi connectivity index (χ0n) is 36.0. The van der Waals surface area contributed by atoms with Crippen molar-refractivity contribution in [3.8, 4) is 0 Å². The van der Waals surface area contributed by atoms with Crippen LogP contribution in [0.25, 0.3) is 0 Å². The molecular formula is C53H78N2. The lowest BCUT2D eigenvalue weighted by Gasteiger charge is -2.30. The minimum atomic E-state index is 0.966. The topological polar surface area (TPSA) is 15.3 Å². The third kappa shape index (κ3) is 16.7. The predicted molar refractivity (Wildman–Crippen MR) is 248 cm³/mol. The summed E-state index contributed by atoms with van der Waals surface area (Å²) >= 11 is 0. The van der Waals surface area contributed by atoms with Crippen LogP contribution in [0.1, 0.15) is 143 Å². The van der Waals surface area contributed by atoms with Crippen LogP contribution in [0.3, 0.4) is 0 Å². The molecular weight excluding hydrogens is 665 g/mol. The Morgan fingerprint density at radius 2 is 1.29 bits per heavy atom. The van der Waals surface area contributed by atoms with Gasteiger partial charge >= 0.3 is 0 Å². The van der Waals surface area contributed by atoms with Crippen molar-refractivity contribution in [2.24, 2.45) is 0 Å². The normalized spacial score (nSPS) is 17.8. The molecule has 300 valence electrons. The summed E-state index contributed by atoms with van der Waals surface area (Å²) in [5, 5.41) is 3.96. The Balaban J connectivity index is 0.00000253. The second-order valence-corrected chi connectivity index (χ2v) is 14.7. The molecule has 0 bridgehead atoms. The molecule has 55 heavy (non-hydrogen) atoms. The molecule has 2 heteroatoms. The smallest absolute Gasteiger partial charge is 0.0476 e. The van der Waals surface area contributed by atoms with Crippen molar-refractivity contribution in [1.82, 2.24) is 10.2 Å². The van der Waals surface area contributed by atoms with Crippen LogP contribution in [0.4, 0.5) is 0 Å². The minimum Gasteiger partial charge on any atom is -0.384 e. The van der Waals surface area contributed by atoms with Gasteiger partial charge in [-0.05, 0) is 105 Å². The van der Waals surface area contributed by atoms with Gasteiger partial charge in [-0.2, -0.15) is 0 Å². The van der Waals surface area contributed by atoms with Crippen molar-refractivity contribution in [2.75, 3.05) is 20.1 Å². The molecule has 0 saturated heterocycles. The minimum absolute atomic E-state index is 0.966. The molecule has 0 saturated carbocycles. The first-order valence-electron chi connectivity index (χ1n) is 22.0. The molecule has 0 atom stereocenters. The third-order valence-corrected chi connectivity index (χ3v) is 10.6. The summed E-state index contributed by atoms with van der Waals surface area (Å²) in [7, 11) is 2.29. The number of likely N-dealkylation sites (N-methyl/N-ethyl adjacent to an activating group) is 1. The van der Waals surface area contributed by atoms with Crippen LogP contribution < -0.4 is 5.32 Å². The molecule has 0 aromatic heterocycles. The van der Waals surface area contributed by atoms with E-state index in [1.807, 2.05) is 13.8 Å². The van der Waals surface area contributed by atoms with Crippen molar-refractivity contribution >= 4 is 0 Å². The average molecular weight is 743 g/mol. The Bertz CT molecular complexity index is 1540. The Labute approximate surface area is 339 Å². The number of hydrogen-bond donors (Lipinski definition) is 1. The van der Waals surface area contributed by atoms with Gasteiger partial charge in [0.15, 0.2) is 0 Å². The predicted octanol–water partition coefficient (Wildman–Crippen LogP) is 15.6. The van der Waals surface area contributed by atoms with Crippen molar-refractivity contribution < 1.29 is 0 Å². The first-order chi connectivity index (χ1) is 27.1. The number of nitrogens with one attached hydrogen (secondary N) is 1. The molecule has 0 amide bonds. The number of nitrogens with zero attached hydrogens (tertiary/aromatic N) is 1. The molecule has 0 aliphatic heterocycles. The van der Waals surface area contributed by atoms with Crippen LogP contribution in [0.5, 0.6) is 0 Å². The van der Waals surface area contributed by atoms with Gasteiger partial charge in [0.25, 0.3) is 0 Å². The lowest BCUT2D eigenvalue weighted by atomic mass is 9.87. The van der Waals surface area contributed by atoms with E-state index in [1.165, 1.54) is 133 Å². The van der Waals surface area contributed by atoms with Gasteiger partial charge in [-0.15, -0.1) is 13.2 Å². The summed E-state index contributed by atoms with van der Waals surface area (Å²) in [6.07, 6.45) is 53.7. The van der Waals surface area contributed by atoms with Gasteiger partial charge in [-0.25, -0.2) is 0 Å². The molecule has 0 unspecified atom stereocenters. The maximum atomic E-state index is 4.46. The lowest BCUT2D eigenvalue weighted by molar-refractivity contribution is 0.400. The molecule has 0 spiro atoms. The monoisotopic (exact) mass is 743 g/mol. The highest BCUT2D eigenvalue weighted by molar-refractivity contribution is 5.60. The van der Waals surface area contributed by atoms with E-state index in [1.54, 1.807) is 0 Å². The molecule has 4 aliphatic carbocycles. The van der Waals surface area contributed by atoms with Crippen molar-refractivity contribution in [2.45, 2.75) is 143 Å². The van der Waals surface area contributed by atoms with E-state index in [-0.39, 0.29) is 0 Å². The number of unbranched alkanes of at least 4 members (excludes halogenated alkanes) is 6. The number of hydrogen-bond acceptors (Lipinski definition) is 2. The summed E-state index contributed by atoms with van der Waals surface area (Å²) in [5.74, 6) is 0. The summed E-state index contributed by atoms with van der Waals surface area (Å²) in [6.45, 7) is 25.5. The van der Waals surface area contributed by atoms with Gasteiger partial charge < -0.3 is 10.2 Å². The maximum absolute atomic E-state index is 4.46. The molecule has 2 nitrogen and oxygen atoms in total. The highest BCUT2D eigenvalue weighted by atomic mass is 15.1. The van der Waals surface area contributed by atoms with E-state index in [2.05, 4.69) is 142 Å². The van der Waals surface area contributed by atoms with E-state index < -0.39 is 0 Å². The second-order valence-electron chi connectivity index (χ2n) is 14.7. The SMILES string of the molecule is C=C.C=CC(=C(/NCCCCCC)C1=CC=C(/C=C/C2=CCCCC2)CC1)/C(C=C)=C(/C1=CC=C(/C=C/C2=CCCC=C2)CC1)N(C)CCCCCC.CC. The fraction of sp³-hybridized carbons (Fsp3) is 0.472. The molecule has 0 radical (unpaired) electrons. The van der Waals surface area contributed by atoms with Gasteiger partial charge in [-0.3, -0.25) is 0 Å². The third-order valence-electron chi connectivity index (χ3n) is 10.6. The Kier molecular flexibility index (Phi) is 25.1. The number of rotatable bonds is 21. The molecule has 1 N–H and O–H groups in total. The van der Waals surface area contributed by atoms with Crippen LogP contribution >= 0.6 is 0 Å². The largest absolute Gasteiger partial charge is 0.384 e. The molecule has 4 rings (SSSR count). The quantitative estimate of drug-likeness (QED) is 0.0716. The summed E-state index contributed by atoms with van der Waals surface area (Å²) < 4.78 is 0. The molecule has 0 heterocycles. The van der Waals surface area contributed by atoms with Gasteiger partial charge in [0, 0.05) is 42.7 Å². The zero-order valence-corrected chi connectivity index (χ0v) is 36.0. The van der Waals surface area contributed by atoms with Crippen LogP contribution in [0.2, 0.25) is 0 Å². The molecule has 4 aliphatic rings. The van der Waals surface area contributed by atoms with Crippen molar-refractivity contribution in [3.63, 3.8) is 0 Å². The molecule has 0 fully saturated rings. The van der Waals surface area contributed by atoms with Crippen molar-refractivity contribution in [3.05, 3.63) is 167 Å². The highest BCUT2D eigenvalue weighted by Crippen LogP contribution is 2.36. The van der Waals surface area contributed by atoms with Crippen LogP contribution in [0, 0.1) is 0 Å². The van der Waals surface area contributed by atoms with E-state index >= 15 is 0 Å². The lowest BCUT2D eigenvalue weighted by Crippen LogP contribution is -2.25. The van der Waals surface area contributed by atoms with Gasteiger partial charge in [0.05, 0.1) is 0 Å². The zero-order chi connectivity index (χ0) is 40.1. The summed E-state index contributed by atoms with van der Waals surface area (Å²) in [5.41, 5.74) is 13.3. The Morgan fingerprint density at radius 3 is 1.85 bits per heavy atom. The summed E-state index contributed by atoms with van der Waals surface area (Å²) in [4.78, 5) is 2.51. The van der Waals surface area contributed by atoms with Gasteiger partial charge in [0.1, 0.15) is 0 Å². The van der Waals surface area contributed by atoms with Gasteiger partial charge in [0.2, 0.25) is 0 Å². The van der Waals surface area contributed by atoms with E-state index in [0.717, 1.165) is 51.6 Å².